The molecule has 4 heteroatoms. The first kappa shape index (κ1) is 9.42. The normalized spacial score (nSPS) is 7.73. The predicted octanol–water partition coefficient (Wildman–Crippen LogP) is 0.255. The van der Waals surface area contributed by atoms with Crippen molar-refractivity contribution < 1.29 is 0 Å². The standard InChI is InChI=1S/C4H4N2O2.C3H6/c7-3-1-2-5-4(8)6-3;1-3-2/h1-2H,(H2,5,6,7,8);3H,1H2,2H3. The molecule has 60 valence electrons. The number of allylic oxidation sites excluding steroid dienone is 1. The van der Waals surface area contributed by atoms with Gasteiger partial charge in [0.05, 0.1) is 0 Å². The van der Waals surface area contributed by atoms with Gasteiger partial charge >= 0.3 is 5.69 Å². The summed E-state index contributed by atoms with van der Waals surface area (Å²) in [5.74, 6) is 0. The maximum Gasteiger partial charge on any atom is 0.325 e. The molecule has 0 aliphatic carbocycles. The van der Waals surface area contributed by atoms with E-state index in [1.54, 1.807) is 6.08 Å². The van der Waals surface area contributed by atoms with E-state index < -0.39 is 5.69 Å². The Labute approximate surface area is 63.6 Å². The van der Waals surface area contributed by atoms with Gasteiger partial charge in [0.25, 0.3) is 5.56 Å². The lowest BCUT2D eigenvalue weighted by molar-refractivity contribution is 1.04. The van der Waals surface area contributed by atoms with Gasteiger partial charge in [-0.2, -0.15) is 0 Å². The summed E-state index contributed by atoms with van der Waals surface area (Å²) in [7, 11) is 0. The van der Waals surface area contributed by atoms with E-state index in [2.05, 4.69) is 11.6 Å². The van der Waals surface area contributed by atoms with Crippen LogP contribution in [0.4, 0.5) is 0 Å². The molecule has 4 nitrogen and oxygen atoms in total. The zero-order chi connectivity index (χ0) is 8.69. The van der Waals surface area contributed by atoms with E-state index in [1.165, 1.54) is 12.3 Å². The molecule has 0 aromatic carbocycles. The van der Waals surface area contributed by atoms with Gasteiger partial charge in [-0.15, -0.1) is 6.58 Å². The Balaban J connectivity index is 0.000000292. The molecule has 0 saturated heterocycles. The molecule has 0 aliphatic rings. The van der Waals surface area contributed by atoms with E-state index >= 15 is 0 Å². The quantitative estimate of drug-likeness (QED) is 0.526. The van der Waals surface area contributed by atoms with Crippen LogP contribution in [0, 0.1) is 0 Å². The highest BCUT2D eigenvalue weighted by molar-refractivity contribution is 4.77. The van der Waals surface area contributed by atoms with Crippen molar-refractivity contribution in [2.45, 2.75) is 6.92 Å². The predicted molar refractivity (Wildman–Crippen MR) is 43.6 cm³/mol. The highest BCUT2D eigenvalue weighted by atomic mass is 16.2. The molecule has 1 aromatic heterocycles. The molecule has 0 radical (unpaired) electrons. The lowest BCUT2D eigenvalue weighted by atomic mass is 10.7. The van der Waals surface area contributed by atoms with Crippen LogP contribution in [-0.4, -0.2) is 9.97 Å². The number of hydrogen-bond donors (Lipinski definition) is 2. The second kappa shape index (κ2) is 5.22. The van der Waals surface area contributed by atoms with Crippen LogP contribution < -0.4 is 11.2 Å². The van der Waals surface area contributed by atoms with Crippen molar-refractivity contribution >= 4 is 0 Å². The third-order valence-corrected chi connectivity index (χ3v) is 0.686. The molecule has 1 aromatic rings. The molecule has 0 bridgehead atoms. The third-order valence-electron chi connectivity index (χ3n) is 0.686. The summed E-state index contributed by atoms with van der Waals surface area (Å²) < 4.78 is 0. The number of hydrogen-bond acceptors (Lipinski definition) is 2. The van der Waals surface area contributed by atoms with Crippen LogP contribution in [0.2, 0.25) is 0 Å². The van der Waals surface area contributed by atoms with Gasteiger partial charge in [0, 0.05) is 12.3 Å². The van der Waals surface area contributed by atoms with Crippen molar-refractivity contribution in [2.24, 2.45) is 0 Å². The molecule has 11 heavy (non-hydrogen) atoms. The summed E-state index contributed by atoms with van der Waals surface area (Å²) in [6.45, 7) is 5.25. The van der Waals surface area contributed by atoms with E-state index in [0.717, 1.165) is 0 Å². The fraction of sp³-hybridized carbons (Fsp3) is 0.143. The number of nitrogens with one attached hydrogen (secondary N) is 2. The topological polar surface area (TPSA) is 65.7 Å². The molecular formula is C7H10N2O2. The third kappa shape index (κ3) is 4.90. The fourth-order valence-corrected chi connectivity index (χ4v) is 0.383. The first-order chi connectivity index (χ1) is 5.20. The highest BCUT2D eigenvalue weighted by Crippen LogP contribution is 1.51. The Morgan fingerprint density at radius 2 is 2.09 bits per heavy atom. The molecule has 0 amide bonds. The Hall–Kier alpha value is -1.58. The maximum absolute atomic E-state index is 10.2. The number of H-pyrrole nitrogens is 2. The van der Waals surface area contributed by atoms with Crippen LogP contribution in [0.25, 0.3) is 0 Å². The Morgan fingerprint density at radius 3 is 2.36 bits per heavy atom. The minimum atomic E-state index is -0.475. The van der Waals surface area contributed by atoms with Crippen LogP contribution in [0.5, 0.6) is 0 Å². The van der Waals surface area contributed by atoms with Gasteiger partial charge in [0.1, 0.15) is 0 Å². The summed E-state index contributed by atoms with van der Waals surface area (Å²) in [5.41, 5.74) is -0.855. The lowest BCUT2D eigenvalue weighted by Gasteiger charge is -1.75. The molecular weight excluding hydrogens is 144 g/mol. The first-order valence-corrected chi connectivity index (χ1v) is 3.05. The number of aromatic nitrogens is 2. The smallest absolute Gasteiger partial charge is 0.314 e. The molecule has 2 N–H and O–H groups in total. The van der Waals surface area contributed by atoms with Gasteiger partial charge in [-0.3, -0.25) is 9.78 Å². The summed E-state index contributed by atoms with van der Waals surface area (Å²) in [4.78, 5) is 24.7. The van der Waals surface area contributed by atoms with E-state index in [0.29, 0.717) is 0 Å². The van der Waals surface area contributed by atoms with Gasteiger partial charge in [-0.05, 0) is 6.92 Å². The van der Waals surface area contributed by atoms with E-state index in [4.69, 9.17) is 0 Å². The van der Waals surface area contributed by atoms with Crippen molar-refractivity contribution in [3.05, 3.63) is 45.8 Å². The molecule has 0 unspecified atom stereocenters. The second-order valence-electron chi connectivity index (χ2n) is 1.70. The zero-order valence-corrected chi connectivity index (χ0v) is 6.26. The molecule has 0 saturated carbocycles. The Bertz CT molecular complexity index is 285. The largest absolute Gasteiger partial charge is 0.325 e. The second-order valence-corrected chi connectivity index (χ2v) is 1.70. The highest BCUT2D eigenvalue weighted by Gasteiger charge is 1.77. The minimum absolute atomic E-state index is 0.381. The van der Waals surface area contributed by atoms with Crippen LogP contribution in [0.15, 0.2) is 34.5 Å². The van der Waals surface area contributed by atoms with Crippen molar-refractivity contribution in [1.82, 2.24) is 9.97 Å². The average molecular weight is 154 g/mol. The van der Waals surface area contributed by atoms with Gasteiger partial charge in [-0.1, -0.05) is 6.08 Å². The van der Waals surface area contributed by atoms with Crippen molar-refractivity contribution in [3.8, 4) is 0 Å². The van der Waals surface area contributed by atoms with Crippen molar-refractivity contribution in [2.75, 3.05) is 0 Å². The van der Waals surface area contributed by atoms with Gasteiger partial charge in [0.2, 0.25) is 0 Å². The van der Waals surface area contributed by atoms with E-state index in [-0.39, 0.29) is 5.56 Å². The van der Waals surface area contributed by atoms with E-state index in [9.17, 15) is 9.59 Å². The van der Waals surface area contributed by atoms with Crippen LogP contribution >= 0.6 is 0 Å². The van der Waals surface area contributed by atoms with Crippen LogP contribution in [0.3, 0.4) is 0 Å². The van der Waals surface area contributed by atoms with Crippen LogP contribution in [-0.2, 0) is 0 Å². The molecule has 1 heterocycles. The summed E-state index contributed by atoms with van der Waals surface area (Å²) in [5, 5.41) is 0. The molecule has 0 aliphatic heterocycles. The molecule has 0 spiro atoms. The SMILES string of the molecule is C=CC.O=c1cc[nH]c(=O)[nH]1. The van der Waals surface area contributed by atoms with Crippen LogP contribution in [0.1, 0.15) is 6.92 Å². The van der Waals surface area contributed by atoms with Gasteiger partial charge in [0.15, 0.2) is 0 Å². The average Bonchev–Trinajstić information content (AvgIpc) is 1.88. The number of aromatic amines is 2. The van der Waals surface area contributed by atoms with Crippen molar-refractivity contribution in [1.29, 1.82) is 0 Å². The van der Waals surface area contributed by atoms with Gasteiger partial charge < -0.3 is 4.98 Å². The lowest BCUT2D eigenvalue weighted by Crippen LogP contribution is -2.19. The van der Waals surface area contributed by atoms with Gasteiger partial charge in [-0.25, -0.2) is 4.79 Å². The Kier molecular flexibility index (Phi) is 4.47. The maximum atomic E-state index is 10.2. The fourth-order valence-electron chi connectivity index (χ4n) is 0.383. The molecule has 1 rings (SSSR count). The summed E-state index contributed by atoms with van der Waals surface area (Å²) in [6.07, 6.45) is 3.04. The van der Waals surface area contributed by atoms with E-state index in [1.807, 2.05) is 11.9 Å². The Morgan fingerprint density at radius 1 is 1.55 bits per heavy atom. The molecule has 0 fully saturated rings. The minimum Gasteiger partial charge on any atom is -0.314 e. The number of rotatable bonds is 0. The monoisotopic (exact) mass is 154 g/mol. The first-order valence-electron chi connectivity index (χ1n) is 3.05. The zero-order valence-electron chi connectivity index (χ0n) is 6.26. The molecule has 0 atom stereocenters. The van der Waals surface area contributed by atoms with Crippen molar-refractivity contribution in [3.63, 3.8) is 0 Å². The summed E-state index contributed by atoms with van der Waals surface area (Å²) >= 11 is 0. The summed E-state index contributed by atoms with van der Waals surface area (Å²) in [6, 6.07) is 1.24.